The number of benzene rings is 1. The van der Waals surface area contributed by atoms with Crippen LogP contribution in [-0.2, 0) is 0 Å². The molecule has 1 aromatic carbocycles. The Bertz CT molecular complexity index is 737. The van der Waals surface area contributed by atoms with E-state index in [4.69, 9.17) is 23.2 Å². The molecule has 122 valence electrons. The van der Waals surface area contributed by atoms with Crippen LogP contribution in [0.2, 0.25) is 10.0 Å². The van der Waals surface area contributed by atoms with E-state index in [2.05, 4.69) is 22.4 Å². The molecule has 0 spiro atoms. The number of likely N-dealkylation sites (tertiary alicyclic amines) is 1. The maximum atomic E-state index is 12.5. The lowest BCUT2D eigenvalue weighted by atomic mass is 10.1. The van der Waals surface area contributed by atoms with Crippen LogP contribution in [0.1, 0.15) is 12.8 Å². The molecular weight excluding hydrogens is 335 g/mol. The highest BCUT2D eigenvalue weighted by Gasteiger charge is 2.19. The molecule has 0 bridgehead atoms. The highest BCUT2D eigenvalue weighted by molar-refractivity contribution is 6.33. The Morgan fingerprint density at radius 1 is 1.17 bits per heavy atom. The Kier molecular flexibility index (Phi) is 4.90. The quantitative estimate of drug-likeness (QED) is 0.922. The molecule has 0 aliphatic carbocycles. The highest BCUT2D eigenvalue weighted by atomic mass is 35.5. The van der Waals surface area contributed by atoms with Crippen LogP contribution in [0.5, 0.6) is 0 Å². The smallest absolute Gasteiger partial charge is 0.292 e. The van der Waals surface area contributed by atoms with Crippen LogP contribution in [0.4, 0.5) is 5.69 Å². The minimum absolute atomic E-state index is 0.161. The Morgan fingerprint density at radius 3 is 2.48 bits per heavy atom. The van der Waals surface area contributed by atoms with Crippen molar-refractivity contribution >= 4 is 28.9 Å². The van der Waals surface area contributed by atoms with Crippen molar-refractivity contribution < 1.29 is 0 Å². The molecule has 0 atom stereocenters. The molecule has 0 radical (unpaired) electrons. The molecular formula is C16H18Cl2N4O. The van der Waals surface area contributed by atoms with Gasteiger partial charge >= 0.3 is 0 Å². The highest BCUT2D eigenvalue weighted by Crippen LogP contribution is 2.21. The number of piperidine rings is 1. The van der Waals surface area contributed by atoms with Crippen LogP contribution >= 0.6 is 23.2 Å². The van der Waals surface area contributed by atoms with Crippen molar-refractivity contribution in [2.75, 3.05) is 25.5 Å². The normalized spacial score (nSPS) is 16.5. The molecule has 1 aliphatic rings. The summed E-state index contributed by atoms with van der Waals surface area (Å²) >= 11 is 12.1. The first-order chi connectivity index (χ1) is 11.0. The van der Waals surface area contributed by atoms with E-state index >= 15 is 0 Å². The van der Waals surface area contributed by atoms with Crippen LogP contribution < -0.4 is 10.9 Å². The fourth-order valence-corrected chi connectivity index (χ4v) is 2.98. The molecule has 0 unspecified atom stereocenters. The predicted molar refractivity (Wildman–Crippen MR) is 94.0 cm³/mol. The van der Waals surface area contributed by atoms with Gasteiger partial charge in [0.1, 0.15) is 5.02 Å². The zero-order chi connectivity index (χ0) is 16.4. The van der Waals surface area contributed by atoms with Crippen LogP contribution in [0, 0.1) is 0 Å². The van der Waals surface area contributed by atoms with E-state index in [1.807, 2.05) is 0 Å². The number of halogens is 2. The number of hydrogen-bond acceptors (Lipinski definition) is 4. The van der Waals surface area contributed by atoms with Gasteiger partial charge in [-0.3, -0.25) is 4.79 Å². The van der Waals surface area contributed by atoms with Crippen molar-refractivity contribution in [3.8, 4) is 5.69 Å². The number of nitrogens with zero attached hydrogens (tertiary/aromatic N) is 3. The first kappa shape index (κ1) is 16.3. The number of rotatable bonds is 3. The molecule has 3 rings (SSSR count). The van der Waals surface area contributed by atoms with Crippen LogP contribution in [-0.4, -0.2) is 40.9 Å². The van der Waals surface area contributed by atoms with E-state index in [0.29, 0.717) is 22.4 Å². The van der Waals surface area contributed by atoms with Gasteiger partial charge in [-0.25, -0.2) is 0 Å². The summed E-state index contributed by atoms with van der Waals surface area (Å²) in [6.07, 6.45) is 3.65. The molecule has 1 N–H and O–H groups in total. The lowest BCUT2D eigenvalue weighted by Crippen LogP contribution is -2.37. The van der Waals surface area contributed by atoms with E-state index in [0.717, 1.165) is 25.9 Å². The summed E-state index contributed by atoms with van der Waals surface area (Å²) < 4.78 is 1.28. The second-order valence-corrected chi connectivity index (χ2v) is 6.60. The van der Waals surface area contributed by atoms with E-state index < -0.39 is 0 Å². The second-order valence-electron chi connectivity index (χ2n) is 5.79. The van der Waals surface area contributed by atoms with Gasteiger partial charge in [-0.05, 0) is 57.2 Å². The number of hydrogen-bond donors (Lipinski definition) is 1. The van der Waals surface area contributed by atoms with Crippen LogP contribution in [0.15, 0.2) is 35.3 Å². The molecule has 1 saturated heterocycles. The van der Waals surface area contributed by atoms with Crippen molar-refractivity contribution in [3.05, 3.63) is 50.9 Å². The molecule has 0 amide bonds. The summed E-state index contributed by atoms with van der Waals surface area (Å²) in [5.41, 5.74) is 0.885. The maximum Gasteiger partial charge on any atom is 0.292 e. The van der Waals surface area contributed by atoms with Gasteiger partial charge in [-0.15, -0.1) is 0 Å². The molecule has 7 heteroatoms. The van der Waals surface area contributed by atoms with E-state index in [-0.39, 0.29) is 10.6 Å². The third-order valence-corrected chi connectivity index (χ3v) is 4.69. The topological polar surface area (TPSA) is 50.2 Å². The summed E-state index contributed by atoms with van der Waals surface area (Å²) in [5.74, 6) is 0. The first-order valence-corrected chi connectivity index (χ1v) is 8.29. The Morgan fingerprint density at radius 2 is 1.83 bits per heavy atom. The molecule has 2 aromatic rings. The van der Waals surface area contributed by atoms with Gasteiger partial charge < -0.3 is 10.2 Å². The SMILES string of the molecule is CN1CCC(Nc2cnn(-c3ccc(Cl)cc3)c(=O)c2Cl)CC1. The van der Waals surface area contributed by atoms with Crippen molar-refractivity contribution in [1.29, 1.82) is 0 Å². The Labute approximate surface area is 144 Å². The van der Waals surface area contributed by atoms with Crippen LogP contribution in [0.25, 0.3) is 5.69 Å². The molecule has 1 aromatic heterocycles. The molecule has 1 fully saturated rings. The van der Waals surface area contributed by atoms with E-state index in [1.54, 1.807) is 30.5 Å². The van der Waals surface area contributed by atoms with Gasteiger partial charge in [0.15, 0.2) is 0 Å². The lowest BCUT2D eigenvalue weighted by Gasteiger charge is -2.30. The average molecular weight is 353 g/mol. The molecule has 23 heavy (non-hydrogen) atoms. The summed E-state index contributed by atoms with van der Waals surface area (Å²) in [5, 5.41) is 8.33. The third-order valence-electron chi connectivity index (χ3n) is 4.07. The van der Waals surface area contributed by atoms with E-state index in [1.165, 1.54) is 4.68 Å². The number of nitrogens with one attached hydrogen (secondary N) is 1. The van der Waals surface area contributed by atoms with Gasteiger partial charge in [0.05, 0.1) is 17.6 Å². The lowest BCUT2D eigenvalue weighted by molar-refractivity contribution is 0.264. The fraction of sp³-hybridized carbons (Fsp3) is 0.375. The predicted octanol–water partition coefficient (Wildman–Crippen LogP) is 3.05. The minimum Gasteiger partial charge on any atom is -0.380 e. The Hall–Kier alpha value is -1.56. The zero-order valence-electron chi connectivity index (χ0n) is 12.8. The second kappa shape index (κ2) is 6.91. The van der Waals surface area contributed by atoms with Gasteiger partial charge in [0.25, 0.3) is 5.56 Å². The number of aromatic nitrogens is 2. The monoisotopic (exact) mass is 352 g/mol. The molecule has 0 saturated carbocycles. The minimum atomic E-state index is -0.341. The van der Waals surface area contributed by atoms with Gasteiger partial charge in [-0.1, -0.05) is 23.2 Å². The Balaban J connectivity index is 1.83. The van der Waals surface area contributed by atoms with E-state index in [9.17, 15) is 4.79 Å². The third kappa shape index (κ3) is 3.68. The van der Waals surface area contributed by atoms with Crippen molar-refractivity contribution in [2.45, 2.75) is 18.9 Å². The first-order valence-electron chi connectivity index (χ1n) is 7.53. The van der Waals surface area contributed by atoms with Crippen molar-refractivity contribution in [2.24, 2.45) is 0 Å². The van der Waals surface area contributed by atoms with Gasteiger partial charge in [-0.2, -0.15) is 9.78 Å². The molecule has 2 heterocycles. The average Bonchev–Trinajstić information content (AvgIpc) is 2.55. The zero-order valence-corrected chi connectivity index (χ0v) is 14.3. The maximum absolute atomic E-state index is 12.5. The van der Waals surface area contributed by atoms with Crippen LogP contribution in [0.3, 0.4) is 0 Å². The largest absolute Gasteiger partial charge is 0.380 e. The summed E-state index contributed by atoms with van der Waals surface area (Å²) in [7, 11) is 2.11. The molecule has 1 aliphatic heterocycles. The standard InChI is InChI=1S/C16H18Cl2N4O/c1-21-8-6-12(7-9-21)20-14-10-19-22(16(23)15(14)18)13-4-2-11(17)3-5-13/h2-5,10,12,20H,6-9H2,1H3. The van der Waals surface area contributed by atoms with Gasteiger partial charge in [0, 0.05) is 11.1 Å². The summed E-state index contributed by atoms with van der Waals surface area (Å²) in [4.78, 5) is 14.7. The van der Waals surface area contributed by atoms with Crippen molar-refractivity contribution in [3.63, 3.8) is 0 Å². The summed E-state index contributed by atoms with van der Waals surface area (Å²) in [6, 6.07) is 7.21. The fourth-order valence-electron chi connectivity index (χ4n) is 2.67. The number of anilines is 1. The van der Waals surface area contributed by atoms with Gasteiger partial charge in [0.2, 0.25) is 0 Å². The molecule has 5 nitrogen and oxygen atoms in total. The van der Waals surface area contributed by atoms with Crippen molar-refractivity contribution in [1.82, 2.24) is 14.7 Å². The summed E-state index contributed by atoms with van der Waals surface area (Å²) in [6.45, 7) is 2.06.